The van der Waals surface area contributed by atoms with Gasteiger partial charge in [-0.2, -0.15) is 0 Å². The number of fused-ring (bicyclic) bond motifs is 1. The molecule has 0 saturated heterocycles. The van der Waals surface area contributed by atoms with Gasteiger partial charge >= 0.3 is 0 Å². The molecule has 1 heterocycles. The number of anilines is 1. The highest BCUT2D eigenvalue weighted by atomic mass is 35.5. The van der Waals surface area contributed by atoms with Crippen LogP contribution in [0.25, 0.3) is 10.9 Å². The first-order chi connectivity index (χ1) is 17.1. The Morgan fingerprint density at radius 1 is 0.914 bits per heavy atom. The average molecular weight is 491 g/mol. The minimum atomic E-state index is 0.287. The zero-order valence-electron chi connectivity index (χ0n) is 19.9. The van der Waals surface area contributed by atoms with Gasteiger partial charge in [0.2, 0.25) is 0 Å². The molecule has 0 atom stereocenters. The highest BCUT2D eigenvalue weighted by molar-refractivity contribution is 6.31. The Bertz CT molecular complexity index is 1170. The van der Waals surface area contributed by atoms with Crippen LogP contribution in [0.2, 0.25) is 5.02 Å². The van der Waals surface area contributed by atoms with E-state index in [1.165, 1.54) is 16.7 Å². The molecule has 3 N–H and O–H groups in total. The summed E-state index contributed by atoms with van der Waals surface area (Å²) in [4.78, 5) is 6.75. The van der Waals surface area contributed by atoms with Crippen LogP contribution in [0.15, 0.2) is 79.0 Å². The highest BCUT2D eigenvalue weighted by Gasteiger charge is 2.08. The number of ether oxygens (including phenoxy) is 1. The number of rotatable bonds is 12. The van der Waals surface area contributed by atoms with Crippen molar-refractivity contribution in [2.24, 2.45) is 0 Å². The van der Waals surface area contributed by atoms with Gasteiger partial charge in [-0.15, -0.1) is 0 Å². The topological polar surface area (TPSA) is 69.7 Å². The number of benzene rings is 3. The first-order valence-electron chi connectivity index (χ1n) is 11.7. The lowest BCUT2D eigenvalue weighted by Crippen LogP contribution is -2.33. The Morgan fingerprint density at radius 2 is 1.63 bits per heavy atom. The predicted molar refractivity (Wildman–Crippen MR) is 143 cm³/mol. The molecule has 0 radical (unpaired) electrons. The van der Waals surface area contributed by atoms with Crippen molar-refractivity contribution in [3.8, 4) is 5.75 Å². The Balaban J connectivity index is 1.23. The van der Waals surface area contributed by atoms with Crippen LogP contribution in [0, 0.1) is 6.92 Å². The van der Waals surface area contributed by atoms with Gasteiger partial charge in [-0.1, -0.05) is 53.6 Å². The first kappa shape index (κ1) is 24.9. The maximum Gasteiger partial charge on any atom is 0.118 e. The minimum absolute atomic E-state index is 0.287. The average Bonchev–Trinajstić information content (AvgIpc) is 2.86. The zero-order chi connectivity index (χ0) is 24.5. The molecule has 0 aliphatic carbocycles. The van der Waals surface area contributed by atoms with Crippen LogP contribution >= 0.6 is 11.6 Å². The fourth-order valence-electron chi connectivity index (χ4n) is 3.86. The minimum Gasteiger partial charge on any atom is -0.508 e. The lowest BCUT2D eigenvalue weighted by atomic mass is 10.1. The summed E-state index contributed by atoms with van der Waals surface area (Å²) in [6, 6.07) is 23.7. The van der Waals surface area contributed by atoms with Crippen molar-refractivity contribution in [2.75, 3.05) is 31.9 Å². The molecule has 182 valence electrons. The number of hydrogen-bond donors (Lipinski definition) is 3. The molecule has 7 heteroatoms. The second-order valence-electron chi connectivity index (χ2n) is 8.55. The summed E-state index contributed by atoms with van der Waals surface area (Å²) in [6.45, 7) is 6.24. The fraction of sp³-hybridized carbons (Fsp3) is 0.250. The molecule has 4 aromatic rings. The van der Waals surface area contributed by atoms with E-state index in [1.807, 2.05) is 36.4 Å². The summed E-state index contributed by atoms with van der Waals surface area (Å²) in [5.41, 5.74) is 5.52. The Morgan fingerprint density at radius 3 is 2.37 bits per heavy atom. The van der Waals surface area contributed by atoms with Gasteiger partial charge in [0, 0.05) is 48.5 Å². The van der Waals surface area contributed by atoms with Gasteiger partial charge in [0.25, 0.3) is 0 Å². The molecule has 3 aromatic carbocycles. The van der Waals surface area contributed by atoms with Crippen molar-refractivity contribution in [3.05, 3.63) is 101 Å². The van der Waals surface area contributed by atoms with Crippen molar-refractivity contribution in [2.45, 2.75) is 20.0 Å². The number of hydrogen-bond acceptors (Lipinski definition) is 6. The van der Waals surface area contributed by atoms with Crippen LogP contribution in [-0.2, 0) is 17.8 Å². The number of phenols is 1. The van der Waals surface area contributed by atoms with Crippen molar-refractivity contribution in [3.63, 3.8) is 0 Å². The number of pyridine rings is 1. The lowest BCUT2D eigenvalue weighted by molar-refractivity contribution is 0.128. The van der Waals surface area contributed by atoms with Crippen LogP contribution in [0.1, 0.15) is 16.7 Å². The molecule has 0 unspecified atom stereocenters. The van der Waals surface area contributed by atoms with E-state index in [0.717, 1.165) is 42.8 Å². The van der Waals surface area contributed by atoms with E-state index in [-0.39, 0.29) is 5.75 Å². The molecular formula is C28H31ClN4O2. The van der Waals surface area contributed by atoms with Crippen molar-refractivity contribution in [1.29, 1.82) is 0 Å². The summed E-state index contributed by atoms with van der Waals surface area (Å²) < 4.78 is 5.74. The second-order valence-corrected chi connectivity index (χ2v) is 8.99. The van der Waals surface area contributed by atoms with E-state index in [4.69, 9.17) is 16.3 Å². The summed E-state index contributed by atoms with van der Waals surface area (Å²) in [6.07, 6.45) is 1.76. The molecular weight excluding hydrogens is 460 g/mol. The molecule has 0 aliphatic heterocycles. The number of phenolic OH excluding ortho intramolecular Hbond substituents is 1. The van der Waals surface area contributed by atoms with E-state index in [2.05, 4.69) is 51.7 Å². The van der Waals surface area contributed by atoms with Crippen LogP contribution in [0.4, 0.5) is 5.69 Å². The number of aromatic hydroxyl groups is 1. The van der Waals surface area contributed by atoms with E-state index < -0.39 is 0 Å². The summed E-state index contributed by atoms with van der Waals surface area (Å²) in [5.74, 6) is 0.287. The lowest BCUT2D eigenvalue weighted by Gasteiger charge is -2.23. The van der Waals surface area contributed by atoms with Gasteiger partial charge in [-0.3, -0.25) is 15.2 Å². The zero-order valence-corrected chi connectivity index (χ0v) is 20.6. The number of halogens is 1. The van der Waals surface area contributed by atoms with Crippen LogP contribution in [0.5, 0.6) is 5.75 Å². The number of nitrogens with one attached hydrogen (secondary N) is 2. The molecule has 0 aliphatic rings. The maximum absolute atomic E-state index is 9.58. The molecule has 6 nitrogen and oxygen atoms in total. The first-order valence-corrected chi connectivity index (χ1v) is 12.1. The van der Waals surface area contributed by atoms with Gasteiger partial charge in [0.1, 0.15) is 12.5 Å². The summed E-state index contributed by atoms with van der Waals surface area (Å²) >= 11 is 6.06. The molecule has 1 aromatic heterocycles. The second kappa shape index (κ2) is 12.5. The summed E-state index contributed by atoms with van der Waals surface area (Å²) in [5, 5.41) is 17.9. The number of nitrogens with zero attached hydrogens (tertiary/aromatic N) is 2. The molecule has 0 spiro atoms. The largest absolute Gasteiger partial charge is 0.508 e. The van der Waals surface area contributed by atoms with Crippen molar-refractivity contribution in [1.82, 2.24) is 15.2 Å². The standard InChI is InChI=1S/C28H31ClN4O2/c1-21-2-4-22(5-3-21)17-33(18-23-6-9-25(34)10-7-23)15-14-30-19-35-20-32-27-12-13-31-28-16-24(29)8-11-26(27)28/h2-13,16,30,34H,14-15,17-20H2,1H3,(H,31,32). The normalized spacial score (nSPS) is 11.3. The van der Waals surface area contributed by atoms with E-state index >= 15 is 0 Å². The SMILES string of the molecule is Cc1ccc(CN(CCNCOCNc2ccnc3cc(Cl)ccc23)Cc2ccc(O)cc2)cc1. The third kappa shape index (κ3) is 7.67. The van der Waals surface area contributed by atoms with Gasteiger partial charge < -0.3 is 15.2 Å². The smallest absolute Gasteiger partial charge is 0.118 e. The Kier molecular flexibility index (Phi) is 8.92. The predicted octanol–water partition coefficient (Wildman–Crippen LogP) is 5.54. The molecule has 4 rings (SSSR count). The molecule has 0 fully saturated rings. The molecule has 0 bridgehead atoms. The molecule has 0 amide bonds. The van der Waals surface area contributed by atoms with E-state index in [9.17, 15) is 5.11 Å². The van der Waals surface area contributed by atoms with Crippen molar-refractivity contribution >= 4 is 28.2 Å². The van der Waals surface area contributed by atoms with Gasteiger partial charge in [0.15, 0.2) is 0 Å². The highest BCUT2D eigenvalue weighted by Crippen LogP contribution is 2.24. The van der Waals surface area contributed by atoms with Gasteiger partial charge in [0.05, 0.1) is 12.2 Å². The molecule has 35 heavy (non-hydrogen) atoms. The fourth-order valence-corrected chi connectivity index (χ4v) is 4.03. The third-order valence-corrected chi connectivity index (χ3v) is 5.98. The van der Waals surface area contributed by atoms with E-state index in [0.29, 0.717) is 18.5 Å². The third-order valence-electron chi connectivity index (χ3n) is 5.75. The van der Waals surface area contributed by atoms with E-state index in [1.54, 1.807) is 18.3 Å². The Labute approximate surface area is 211 Å². The quantitative estimate of drug-likeness (QED) is 0.179. The molecule has 0 saturated carbocycles. The van der Waals surface area contributed by atoms with Crippen LogP contribution < -0.4 is 10.6 Å². The summed E-state index contributed by atoms with van der Waals surface area (Å²) in [7, 11) is 0. The van der Waals surface area contributed by atoms with Gasteiger partial charge in [-0.25, -0.2) is 0 Å². The monoisotopic (exact) mass is 490 g/mol. The Hall–Kier alpha value is -3.16. The van der Waals surface area contributed by atoms with Crippen LogP contribution in [-0.4, -0.2) is 41.5 Å². The van der Waals surface area contributed by atoms with Gasteiger partial charge in [-0.05, 0) is 54.4 Å². The van der Waals surface area contributed by atoms with Crippen LogP contribution in [0.3, 0.4) is 0 Å². The maximum atomic E-state index is 9.58. The number of aromatic nitrogens is 1. The number of aryl methyl sites for hydroxylation is 1. The van der Waals surface area contributed by atoms with Crippen molar-refractivity contribution < 1.29 is 9.84 Å².